The SMILES string of the molecule is CSCc1nc(CNC(=O)CCCc2ccc(Cl)cc2)cs1. The molecule has 2 rings (SSSR count). The van der Waals surface area contributed by atoms with E-state index in [2.05, 4.69) is 16.6 Å². The summed E-state index contributed by atoms with van der Waals surface area (Å²) < 4.78 is 0. The molecular weight excluding hydrogens is 336 g/mol. The second kappa shape index (κ2) is 9.18. The molecule has 6 heteroatoms. The largest absolute Gasteiger partial charge is 0.350 e. The summed E-state index contributed by atoms with van der Waals surface area (Å²) in [6.07, 6.45) is 4.31. The summed E-state index contributed by atoms with van der Waals surface area (Å²) in [6, 6.07) is 7.77. The van der Waals surface area contributed by atoms with Gasteiger partial charge in [-0.25, -0.2) is 4.98 Å². The lowest BCUT2D eigenvalue weighted by Crippen LogP contribution is -2.22. The third kappa shape index (κ3) is 5.99. The van der Waals surface area contributed by atoms with Crippen LogP contribution in [-0.4, -0.2) is 17.1 Å². The molecule has 118 valence electrons. The molecule has 0 aliphatic carbocycles. The maximum Gasteiger partial charge on any atom is 0.220 e. The molecule has 0 saturated carbocycles. The highest BCUT2D eigenvalue weighted by molar-refractivity contribution is 7.97. The van der Waals surface area contributed by atoms with Crippen LogP contribution in [0.3, 0.4) is 0 Å². The van der Waals surface area contributed by atoms with Gasteiger partial charge in [-0.1, -0.05) is 23.7 Å². The molecule has 0 atom stereocenters. The number of thiazole rings is 1. The Morgan fingerprint density at radius 1 is 1.36 bits per heavy atom. The Bertz CT molecular complexity index is 598. The normalized spacial score (nSPS) is 10.6. The molecule has 0 unspecified atom stereocenters. The lowest BCUT2D eigenvalue weighted by Gasteiger charge is -2.04. The number of hydrogen-bond donors (Lipinski definition) is 1. The van der Waals surface area contributed by atoms with E-state index < -0.39 is 0 Å². The Morgan fingerprint density at radius 2 is 2.14 bits per heavy atom. The Balaban J connectivity index is 1.66. The molecule has 22 heavy (non-hydrogen) atoms. The first-order chi connectivity index (χ1) is 10.7. The molecule has 3 nitrogen and oxygen atoms in total. The number of aromatic nitrogens is 1. The lowest BCUT2D eigenvalue weighted by molar-refractivity contribution is -0.121. The van der Waals surface area contributed by atoms with Gasteiger partial charge in [-0.15, -0.1) is 11.3 Å². The van der Waals surface area contributed by atoms with Gasteiger partial charge in [0, 0.05) is 22.6 Å². The standard InChI is InChI=1S/C16H19ClN2OS2/c1-21-11-16-19-14(10-22-16)9-18-15(20)4-2-3-12-5-7-13(17)8-6-12/h5-8,10H,2-4,9,11H2,1H3,(H,18,20). The summed E-state index contributed by atoms with van der Waals surface area (Å²) in [6.45, 7) is 0.519. The average Bonchev–Trinajstić information content (AvgIpc) is 2.95. The van der Waals surface area contributed by atoms with E-state index in [1.807, 2.05) is 29.6 Å². The highest BCUT2D eigenvalue weighted by atomic mass is 35.5. The molecule has 0 bridgehead atoms. The Hall–Kier alpha value is -1.04. The van der Waals surface area contributed by atoms with Crippen LogP contribution in [0, 0.1) is 0 Å². The number of nitrogens with one attached hydrogen (secondary N) is 1. The van der Waals surface area contributed by atoms with Crippen LogP contribution in [0.1, 0.15) is 29.1 Å². The molecule has 1 aromatic heterocycles. The van der Waals surface area contributed by atoms with Crippen molar-refractivity contribution >= 4 is 40.6 Å². The second-order valence-corrected chi connectivity index (χ2v) is 7.17. The van der Waals surface area contributed by atoms with Gasteiger partial charge in [0.1, 0.15) is 5.01 Å². The fourth-order valence-electron chi connectivity index (χ4n) is 2.00. The number of thioether (sulfide) groups is 1. The maximum absolute atomic E-state index is 11.8. The summed E-state index contributed by atoms with van der Waals surface area (Å²) in [5, 5.41) is 6.79. The number of carbonyl (C=O) groups is 1. The zero-order valence-electron chi connectivity index (χ0n) is 12.5. The third-order valence-corrected chi connectivity index (χ3v) is 5.01. The van der Waals surface area contributed by atoms with Gasteiger partial charge in [0.05, 0.1) is 12.2 Å². The van der Waals surface area contributed by atoms with Crippen LogP contribution in [0.25, 0.3) is 0 Å². The summed E-state index contributed by atoms with van der Waals surface area (Å²) in [5.41, 5.74) is 2.15. The van der Waals surface area contributed by atoms with Gasteiger partial charge >= 0.3 is 0 Å². The van der Waals surface area contributed by atoms with Crippen molar-refractivity contribution in [1.29, 1.82) is 0 Å². The van der Waals surface area contributed by atoms with Crippen molar-refractivity contribution in [2.24, 2.45) is 0 Å². The van der Waals surface area contributed by atoms with E-state index in [-0.39, 0.29) is 5.91 Å². The minimum atomic E-state index is 0.0772. The highest BCUT2D eigenvalue weighted by Crippen LogP contribution is 2.15. The van der Waals surface area contributed by atoms with E-state index in [0.717, 1.165) is 34.3 Å². The molecule has 1 N–H and O–H groups in total. The van der Waals surface area contributed by atoms with E-state index >= 15 is 0 Å². The van der Waals surface area contributed by atoms with Crippen molar-refractivity contribution in [2.75, 3.05) is 6.26 Å². The molecular formula is C16H19ClN2OS2. The van der Waals surface area contributed by atoms with Gasteiger partial charge in [0.25, 0.3) is 0 Å². The predicted molar refractivity (Wildman–Crippen MR) is 95.6 cm³/mol. The van der Waals surface area contributed by atoms with E-state index in [1.54, 1.807) is 23.1 Å². The van der Waals surface area contributed by atoms with Crippen LogP contribution < -0.4 is 5.32 Å². The maximum atomic E-state index is 11.8. The molecule has 0 spiro atoms. The van der Waals surface area contributed by atoms with Gasteiger partial charge in [-0.05, 0) is 36.8 Å². The fourth-order valence-corrected chi connectivity index (χ4v) is 3.64. The number of halogens is 1. The van der Waals surface area contributed by atoms with Gasteiger partial charge < -0.3 is 5.32 Å². The number of rotatable bonds is 8. The fraction of sp³-hybridized carbons (Fsp3) is 0.375. The predicted octanol–water partition coefficient (Wildman–Crippen LogP) is 4.30. The van der Waals surface area contributed by atoms with Crippen molar-refractivity contribution in [3.63, 3.8) is 0 Å². The molecule has 1 heterocycles. The van der Waals surface area contributed by atoms with E-state index in [4.69, 9.17) is 11.6 Å². The number of nitrogens with zero attached hydrogens (tertiary/aromatic N) is 1. The van der Waals surface area contributed by atoms with Crippen LogP contribution in [0.2, 0.25) is 5.02 Å². The summed E-state index contributed by atoms with van der Waals surface area (Å²) >= 11 is 9.25. The number of amides is 1. The van der Waals surface area contributed by atoms with E-state index in [0.29, 0.717) is 13.0 Å². The highest BCUT2D eigenvalue weighted by Gasteiger charge is 2.05. The number of carbonyl (C=O) groups excluding carboxylic acids is 1. The zero-order chi connectivity index (χ0) is 15.8. The third-order valence-electron chi connectivity index (χ3n) is 3.12. The molecule has 0 aliphatic rings. The molecule has 0 saturated heterocycles. The Morgan fingerprint density at radius 3 is 2.86 bits per heavy atom. The second-order valence-electron chi connectivity index (χ2n) is 4.92. The van der Waals surface area contributed by atoms with Crippen molar-refractivity contribution in [3.05, 3.63) is 50.9 Å². The zero-order valence-corrected chi connectivity index (χ0v) is 14.9. The topological polar surface area (TPSA) is 42.0 Å². The van der Waals surface area contributed by atoms with E-state index in [9.17, 15) is 4.79 Å². The Kier molecular flexibility index (Phi) is 7.22. The van der Waals surface area contributed by atoms with Crippen molar-refractivity contribution < 1.29 is 4.79 Å². The van der Waals surface area contributed by atoms with Crippen molar-refractivity contribution in [3.8, 4) is 0 Å². The first kappa shape index (κ1) is 17.3. The molecule has 0 fully saturated rings. The summed E-state index contributed by atoms with van der Waals surface area (Å²) in [5.74, 6) is 1.01. The van der Waals surface area contributed by atoms with Crippen molar-refractivity contribution in [1.82, 2.24) is 10.3 Å². The lowest BCUT2D eigenvalue weighted by atomic mass is 10.1. The number of benzene rings is 1. The smallest absolute Gasteiger partial charge is 0.220 e. The van der Waals surface area contributed by atoms with Crippen LogP contribution in [-0.2, 0) is 23.5 Å². The molecule has 1 amide bonds. The minimum Gasteiger partial charge on any atom is -0.350 e. The quantitative estimate of drug-likeness (QED) is 0.768. The monoisotopic (exact) mass is 354 g/mol. The summed E-state index contributed by atoms with van der Waals surface area (Å²) in [7, 11) is 0. The van der Waals surface area contributed by atoms with Gasteiger partial charge in [-0.2, -0.15) is 11.8 Å². The van der Waals surface area contributed by atoms with Gasteiger partial charge in [0.2, 0.25) is 5.91 Å². The van der Waals surface area contributed by atoms with E-state index in [1.165, 1.54) is 5.56 Å². The van der Waals surface area contributed by atoms with Crippen LogP contribution in [0.4, 0.5) is 0 Å². The van der Waals surface area contributed by atoms with Gasteiger partial charge in [0.15, 0.2) is 0 Å². The van der Waals surface area contributed by atoms with Crippen LogP contribution in [0.15, 0.2) is 29.6 Å². The molecule has 2 aromatic rings. The average molecular weight is 355 g/mol. The van der Waals surface area contributed by atoms with Gasteiger partial charge in [-0.3, -0.25) is 4.79 Å². The number of hydrogen-bond acceptors (Lipinski definition) is 4. The van der Waals surface area contributed by atoms with Crippen LogP contribution in [0.5, 0.6) is 0 Å². The molecule has 0 aliphatic heterocycles. The first-order valence-corrected chi connectivity index (χ1v) is 9.76. The Labute approximate surface area is 144 Å². The van der Waals surface area contributed by atoms with Crippen LogP contribution >= 0.6 is 34.7 Å². The first-order valence-electron chi connectivity index (χ1n) is 7.10. The minimum absolute atomic E-state index is 0.0772. The molecule has 0 radical (unpaired) electrons. The summed E-state index contributed by atoms with van der Waals surface area (Å²) in [4.78, 5) is 16.3. The van der Waals surface area contributed by atoms with Crippen molar-refractivity contribution in [2.45, 2.75) is 31.6 Å². The molecule has 1 aromatic carbocycles. The number of aryl methyl sites for hydroxylation is 1.